The van der Waals surface area contributed by atoms with Crippen molar-refractivity contribution in [3.05, 3.63) is 35.1 Å². The van der Waals surface area contributed by atoms with Crippen molar-refractivity contribution in [3.63, 3.8) is 0 Å². The van der Waals surface area contributed by atoms with Crippen LogP contribution in [0, 0.1) is 6.92 Å². The van der Waals surface area contributed by atoms with E-state index in [1.807, 2.05) is 12.1 Å². The summed E-state index contributed by atoms with van der Waals surface area (Å²) in [5, 5.41) is 7.97. The van der Waals surface area contributed by atoms with Crippen molar-refractivity contribution in [2.75, 3.05) is 11.1 Å². The number of nitrogen functional groups attached to an aromatic ring is 1. The van der Waals surface area contributed by atoms with Gasteiger partial charge in [-0.3, -0.25) is 9.48 Å². The van der Waals surface area contributed by atoms with Crippen LogP contribution < -0.4 is 11.1 Å². The highest BCUT2D eigenvalue weighted by Crippen LogP contribution is 2.27. The minimum atomic E-state index is -0.207. The third-order valence-electron chi connectivity index (χ3n) is 2.85. The Hall–Kier alpha value is -2.12. The van der Waals surface area contributed by atoms with E-state index < -0.39 is 0 Å². The number of fused-ring (bicyclic) bond motifs is 1. The first-order chi connectivity index (χ1) is 10.0. The molecule has 0 fully saturated rings. The third kappa shape index (κ3) is 2.98. The van der Waals surface area contributed by atoms with Crippen molar-refractivity contribution in [1.29, 1.82) is 0 Å². The maximum atomic E-state index is 12.0. The number of carbonyl (C=O) groups excluding carboxylic acids is 1. The molecular weight excluding hydrogens is 310 g/mol. The molecule has 1 amide bonds. The van der Waals surface area contributed by atoms with E-state index >= 15 is 0 Å². The molecule has 0 bridgehead atoms. The van der Waals surface area contributed by atoms with Gasteiger partial charge in [0.2, 0.25) is 5.91 Å². The van der Waals surface area contributed by atoms with Gasteiger partial charge in [-0.25, -0.2) is 4.98 Å². The molecule has 108 valence electrons. The number of nitrogens with zero attached hydrogens (tertiary/aromatic N) is 3. The number of hydrogen-bond acceptors (Lipinski definition) is 5. The second kappa shape index (κ2) is 5.34. The molecule has 0 saturated heterocycles. The van der Waals surface area contributed by atoms with Crippen molar-refractivity contribution in [2.45, 2.75) is 13.5 Å². The fourth-order valence-electron chi connectivity index (χ4n) is 1.88. The summed E-state index contributed by atoms with van der Waals surface area (Å²) in [4.78, 5) is 16.3. The summed E-state index contributed by atoms with van der Waals surface area (Å²) in [5.41, 5.74) is 7.89. The summed E-state index contributed by atoms with van der Waals surface area (Å²) in [6, 6.07) is 5.44. The number of halogens is 1. The molecule has 21 heavy (non-hydrogen) atoms. The van der Waals surface area contributed by atoms with E-state index in [0.29, 0.717) is 21.5 Å². The van der Waals surface area contributed by atoms with Crippen LogP contribution in [0.1, 0.15) is 5.69 Å². The van der Waals surface area contributed by atoms with Crippen LogP contribution in [0.15, 0.2) is 24.4 Å². The predicted molar refractivity (Wildman–Crippen MR) is 84.6 cm³/mol. The van der Waals surface area contributed by atoms with Crippen LogP contribution >= 0.6 is 22.9 Å². The number of nitrogens with two attached hydrogens (primary N) is 1. The average Bonchev–Trinajstić information content (AvgIpc) is 2.92. The Morgan fingerprint density at radius 1 is 1.52 bits per heavy atom. The molecule has 1 aromatic carbocycles. The normalized spacial score (nSPS) is 11.0. The molecule has 2 aromatic heterocycles. The molecule has 0 spiro atoms. The summed E-state index contributed by atoms with van der Waals surface area (Å²) < 4.78 is 2.43. The van der Waals surface area contributed by atoms with Gasteiger partial charge in [0.25, 0.3) is 0 Å². The molecule has 0 unspecified atom stereocenters. The molecule has 8 heteroatoms. The largest absolute Gasteiger partial charge is 0.399 e. The Labute approximate surface area is 129 Å². The number of rotatable bonds is 3. The zero-order chi connectivity index (χ0) is 15.0. The lowest BCUT2D eigenvalue weighted by Crippen LogP contribution is -2.18. The SMILES string of the molecule is Cc1nn(CC(=O)Nc2nc3ccc(N)cc3s2)cc1Cl. The van der Waals surface area contributed by atoms with Crippen LogP contribution in [0.2, 0.25) is 5.02 Å². The number of hydrogen-bond donors (Lipinski definition) is 2. The highest BCUT2D eigenvalue weighted by atomic mass is 35.5. The Morgan fingerprint density at radius 2 is 2.33 bits per heavy atom. The van der Waals surface area contributed by atoms with E-state index in [-0.39, 0.29) is 12.5 Å². The van der Waals surface area contributed by atoms with Crippen LogP contribution in [0.4, 0.5) is 10.8 Å². The minimum absolute atomic E-state index is 0.0889. The quantitative estimate of drug-likeness (QED) is 0.726. The van der Waals surface area contributed by atoms with E-state index in [9.17, 15) is 4.79 Å². The molecular formula is C13H12ClN5OS. The Balaban J connectivity index is 1.73. The van der Waals surface area contributed by atoms with Crippen LogP contribution in [0.3, 0.4) is 0 Å². The second-order valence-electron chi connectivity index (χ2n) is 4.55. The predicted octanol–water partition coefficient (Wildman–Crippen LogP) is 2.68. The number of amides is 1. The maximum absolute atomic E-state index is 12.0. The summed E-state index contributed by atoms with van der Waals surface area (Å²) in [5.74, 6) is -0.207. The zero-order valence-electron chi connectivity index (χ0n) is 11.1. The number of anilines is 2. The lowest BCUT2D eigenvalue weighted by molar-refractivity contribution is -0.116. The number of thiazole rings is 1. The van der Waals surface area contributed by atoms with Gasteiger partial charge in [-0.2, -0.15) is 5.10 Å². The smallest absolute Gasteiger partial charge is 0.247 e. The number of aromatic nitrogens is 3. The van der Waals surface area contributed by atoms with Gasteiger partial charge in [0.1, 0.15) is 6.54 Å². The monoisotopic (exact) mass is 321 g/mol. The highest BCUT2D eigenvalue weighted by molar-refractivity contribution is 7.22. The number of aryl methyl sites for hydroxylation is 1. The van der Waals surface area contributed by atoms with Gasteiger partial charge in [0.15, 0.2) is 5.13 Å². The van der Waals surface area contributed by atoms with Crippen molar-refractivity contribution < 1.29 is 4.79 Å². The highest BCUT2D eigenvalue weighted by Gasteiger charge is 2.10. The lowest BCUT2D eigenvalue weighted by atomic mass is 10.3. The zero-order valence-corrected chi connectivity index (χ0v) is 12.7. The molecule has 6 nitrogen and oxygen atoms in total. The van der Waals surface area contributed by atoms with Crippen LogP contribution in [0.5, 0.6) is 0 Å². The first-order valence-corrected chi connectivity index (χ1v) is 7.36. The fraction of sp³-hybridized carbons (Fsp3) is 0.154. The number of nitrogens with one attached hydrogen (secondary N) is 1. The lowest BCUT2D eigenvalue weighted by Gasteiger charge is -2.01. The molecule has 0 aliphatic heterocycles. The van der Waals surface area contributed by atoms with Gasteiger partial charge in [-0.15, -0.1) is 0 Å². The van der Waals surface area contributed by atoms with E-state index in [0.717, 1.165) is 10.2 Å². The van der Waals surface area contributed by atoms with Gasteiger partial charge in [0, 0.05) is 11.9 Å². The van der Waals surface area contributed by atoms with Gasteiger partial charge in [-0.05, 0) is 25.1 Å². The number of benzene rings is 1. The van der Waals surface area contributed by atoms with E-state index in [4.69, 9.17) is 17.3 Å². The molecule has 3 N–H and O–H groups in total. The molecule has 2 heterocycles. The molecule has 0 aliphatic rings. The summed E-state index contributed by atoms with van der Waals surface area (Å²) in [6.07, 6.45) is 1.62. The third-order valence-corrected chi connectivity index (χ3v) is 4.16. The minimum Gasteiger partial charge on any atom is -0.399 e. The molecule has 3 rings (SSSR count). The van der Waals surface area contributed by atoms with Crippen LogP contribution in [-0.2, 0) is 11.3 Å². The first-order valence-electron chi connectivity index (χ1n) is 6.17. The Morgan fingerprint density at radius 3 is 3.05 bits per heavy atom. The maximum Gasteiger partial charge on any atom is 0.247 e. The Bertz CT molecular complexity index is 806. The standard InChI is InChI=1S/C13H12ClN5OS/c1-7-9(14)5-19(18-7)6-12(20)17-13-16-10-3-2-8(15)4-11(10)21-13/h2-5H,6,15H2,1H3,(H,16,17,20). The van der Waals surface area contributed by atoms with Crippen molar-refractivity contribution in [2.24, 2.45) is 0 Å². The van der Waals surface area contributed by atoms with Crippen LogP contribution in [-0.4, -0.2) is 20.7 Å². The summed E-state index contributed by atoms with van der Waals surface area (Å²) in [7, 11) is 0. The van der Waals surface area contributed by atoms with Gasteiger partial charge in [0.05, 0.1) is 20.9 Å². The topological polar surface area (TPSA) is 85.8 Å². The van der Waals surface area contributed by atoms with Gasteiger partial charge in [-0.1, -0.05) is 22.9 Å². The average molecular weight is 322 g/mol. The van der Waals surface area contributed by atoms with Gasteiger partial charge < -0.3 is 11.1 Å². The molecule has 0 aliphatic carbocycles. The molecule has 0 atom stereocenters. The molecule has 0 saturated carbocycles. The second-order valence-corrected chi connectivity index (χ2v) is 5.99. The van der Waals surface area contributed by atoms with Gasteiger partial charge >= 0.3 is 0 Å². The first kappa shape index (κ1) is 13.8. The van der Waals surface area contributed by atoms with E-state index in [1.54, 1.807) is 19.2 Å². The molecule has 3 aromatic rings. The van der Waals surface area contributed by atoms with Crippen molar-refractivity contribution >= 4 is 49.9 Å². The van der Waals surface area contributed by atoms with Crippen molar-refractivity contribution in [3.8, 4) is 0 Å². The summed E-state index contributed by atoms with van der Waals surface area (Å²) in [6.45, 7) is 1.88. The van der Waals surface area contributed by atoms with Crippen molar-refractivity contribution in [1.82, 2.24) is 14.8 Å². The van der Waals surface area contributed by atoms with E-state index in [2.05, 4.69) is 15.4 Å². The molecule has 0 radical (unpaired) electrons. The number of carbonyl (C=O) groups is 1. The van der Waals surface area contributed by atoms with E-state index in [1.165, 1.54) is 16.0 Å². The van der Waals surface area contributed by atoms with Crippen LogP contribution in [0.25, 0.3) is 10.2 Å². The summed E-state index contributed by atoms with van der Waals surface area (Å²) >= 11 is 7.28. The Kier molecular flexibility index (Phi) is 3.52. The fourth-order valence-corrected chi connectivity index (χ4v) is 2.96.